The first-order valence-corrected chi connectivity index (χ1v) is 12.1. The first-order valence-electron chi connectivity index (χ1n) is 9.83. The number of benzene rings is 2. The molecule has 10 heteroatoms. The molecule has 0 bridgehead atoms. The van der Waals surface area contributed by atoms with Crippen molar-refractivity contribution >= 4 is 33.4 Å². The predicted octanol–water partition coefficient (Wildman–Crippen LogP) is 4.83. The van der Waals surface area contributed by atoms with Crippen molar-refractivity contribution in [2.24, 2.45) is 0 Å². The van der Waals surface area contributed by atoms with Gasteiger partial charge in [-0.25, -0.2) is 9.78 Å². The number of carbonyl (C=O) groups excluding carboxylic acids is 1. The number of anilines is 1. The Balaban J connectivity index is 1.83. The number of nitrogens with zero attached hydrogens (tertiary/aromatic N) is 1. The molecule has 170 valence electrons. The SMILES string of the molecule is CC(C)(C)OC(=O)NC(Cc1ccc(NS(=O)(=O)O)cc1)c1nc(-c2ccccc2)cs1. The van der Waals surface area contributed by atoms with Crippen molar-refractivity contribution in [3.63, 3.8) is 0 Å². The molecule has 1 aromatic heterocycles. The van der Waals surface area contributed by atoms with Gasteiger partial charge in [-0.3, -0.25) is 9.27 Å². The Labute approximate surface area is 191 Å². The maximum Gasteiger partial charge on any atom is 0.408 e. The third-order valence-corrected chi connectivity index (χ3v) is 5.67. The molecular formula is C22H25N3O5S2. The summed E-state index contributed by atoms with van der Waals surface area (Å²) >= 11 is 1.44. The van der Waals surface area contributed by atoms with E-state index >= 15 is 0 Å². The molecule has 0 radical (unpaired) electrons. The van der Waals surface area contributed by atoms with E-state index in [0.29, 0.717) is 6.42 Å². The molecule has 0 spiro atoms. The number of alkyl carbamates (subject to hydrolysis) is 1. The van der Waals surface area contributed by atoms with E-state index in [-0.39, 0.29) is 5.69 Å². The number of hydrogen-bond donors (Lipinski definition) is 3. The van der Waals surface area contributed by atoms with Gasteiger partial charge >= 0.3 is 16.4 Å². The van der Waals surface area contributed by atoms with Crippen LogP contribution in [0.15, 0.2) is 60.0 Å². The Hall–Kier alpha value is -2.95. The van der Waals surface area contributed by atoms with Gasteiger partial charge in [0, 0.05) is 10.9 Å². The summed E-state index contributed by atoms with van der Waals surface area (Å²) in [5.74, 6) is 0. The molecule has 0 aliphatic heterocycles. The van der Waals surface area contributed by atoms with E-state index in [2.05, 4.69) is 5.32 Å². The fourth-order valence-electron chi connectivity index (χ4n) is 2.93. The molecule has 32 heavy (non-hydrogen) atoms. The van der Waals surface area contributed by atoms with Crippen LogP contribution in [-0.2, 0) is 21.5 Å². The maximum absolute atomic E-state index is 12.5. The van der Waals surface area contributed by atoms with Gasteiger partial charge in [0.2, 0.25) is 0 Å². The normalized spacial score (nSPS) is 12.8. The number of nitrogens with one attached hydrogen (secondary N) is 2. The summed E-state index contributed by atoms with van der Waals surface area (Å²) in [6, 6.07) is 15.8. The van der Waals surface area contributed by atoms with Gasteiger partial charge < -0.3 is 10.1 Å². The van der Waals surface area contributed by atoms with Crippen molar-refractivity contribution in [1.29, 1.82) is 0 Å². The zero-order valence-corrected chi connectivity index (χ0v) is 19.5. The minimum atomic E-state index is -4.34. The number of carbonyl (C=O) groups is 1. The molecule has 0 aliphatic rings. The molecule has 3 rings (SSSR count). The molecule has 0 fully saturated rings. The molecule has 0 saturated carbocycles. The monoisotopic (exact) mass is 475 g/mol. The van der Waals surface area contributed by atoms with Crippen LogP contribution < -0.4 is 10.0 Å². The van der Waals surface area contributed by atoms with Gasteiger partial charge in [-0.1, -0.05) is 42.5 Å². The topological polar surface area (TPSA) is 118 Å². The largest absolute Gasteiger partial charge is 0.444 e. The third-order valence-electron chi connectivity index (χ3n) is 4.22. The molecule has 8 nitrogen and oxygen atoms in total. The van der Waals surface area contributed by atoms with Crippen molar-refractivity contribution < 1.29 is 22.5 Å². The van der Waals surface area contributed by atoms with E-state index < -0.39 is 28.0 Å². The van der Waals surface area contributed by atoms with Crippen LogP contribution in [-0.4, -0.2) is 29.6 Å². The molecule has 0 aliphatic carbocycles. The Morgan fingerprint density at radius 1 is 1.12 bits per heavy atom. The average Bonchev–Trinajstić information content (AvgIpc) is 3.17. The zero-order chi connectivity index (χ0) is 23.4. The van der Waals surface area contributed by atoms with E-state index in [4.69, 9.17) is 14.3 Å². The van der Waals surface area contributed by atoms with Crippen LogP contribution in [0.1, 0.15) is 37.4 Å². The molecule has 3 aromatic rings. The lowest BCUT2D eigenvalue weighted by Gasteiger charge is -2.23. The molecule has 1 atom stereocenters. The van der Waals surface area contributed by atoms with Crippen molar-refractivity contribution in [2.75, 3.05) is 4.72 Å². The predicted molar refractivity (Wildman–Crippen MR) is 125 cm³/mol. The van der Waals surface area contributed by atoms with Crippen LogP contribution in [0.4, 0.5) is 10.5 Å². The van der Waals surface area contributed by atoms with Gasteiger partial charge in [0.15, 0.2) is 0 Å². The zero-order valence-electron chi connectivity index (χ0n) is 17.9. The third kappa shape index (κ3) is 7.33. The highest BCUT2D eigenvalue weighted by Gasteiger charge is 2.23. The Kier molecular flexibility index (Phi) is 7.17. The van der Waals surface area contributed by atoms with Gasteiger partial charge in [0.1, 0.15) is 10.6 Å². The van der Waals surface area contributed by atoms with Crippen molar-refractivity contribution in [3.8, 4) is 11.3 Å². The number of rotatable bonds is 7. The first kappa shape index (κ1) is 23.7. The van der Waals surface area contributed by atoms with Crippen molar-refractivity contribution in [2.45, 2.75) is 38.8 Å². The fourth-order valence-corrected chi connectivity index (χ4v) is 4.25. The summed E-state index contributed by atoms with van der Waals surface area (Å²) in [6.45, 7) is 5.37. The van der Waals surface area contributed by atoms with Crippen molar-refractivity contribution in [3.05, 3.63) is 70.5 Å². The Morgan fingerprint density at radius 2 is 1.78 bits per heavy atom. The second kappa shape index (κ2) is 9.68. The van der Waals surface area contributed by atoms with Gasteiger partial charge in [-0.15, -0.1) is 11.3 Å². The van der Waals surface area contributed by atoms with Crippen LogP contribution in [0, 0.1) is 0 Å². The number of thiazole rings is 1. The lowest BCUT2D eigenvalue weighted by molar-refractivity contribution is 0.0503. The van der Waals surface area contributed by atoms with E-state index in [9.17, 15) is 13.2 Å². The first-order chi connectivity index (χ1) is 15.0. The number of aromatic nitrogens is 1. The minimum absolute atomic E-state index is 0.230. The van der Waals surface area contributed by atoms with Crippen LogP contribution in [0.25, 0.3) is 11.3 Å². The van der Waals surface area contributed by atoms with Crippen LogP contribution in [0.2, 0.25) is 0 Å². The summed E-state index contributed by atoms with van der Waals surface area (Å²) in [4.78, 5) is 17.2. The van der Waals surface area contributed by atoms with E-state index in [1.807, 2.05) is 40.4 Å². The second-order valence-corrected chi connectivity index (χ2v) is 10.2. The second-order valence-electron chi connectivity index (χ2n) is 8.11. The minimum Gasteiger partial charge on any atom is -0.444 e. The summed E-state index contributed by atoms with van der Waals surface area (Å²) in [6.07, 6.45) is -0.142. The van der Waals surface area contributed by atoms with E-state index in [0.717, 1.165) is 21.8 Å². The highest BCUT2D eigenvalue weighted by Crippen LogP contribution is 2.28. The Bertz CT molecular complexity index is 1150. The van der Waals surface area contributed by atoms with E-state index in [1.54, 1.807) is 32.9 Å². The molecule has 2 aromatic carbocycles. The summed E-state index contributed by atoms with van der Waals surface area (Å²) in [5, 5.41) is 5.55. The molecule has 1 unspecified atom stereocenters. The molecule has 1 amide bonds. The lowest BCUT2D eigenvalue weighted by atomic mass is 10.1. The maximum atomic E-state index is 12.5. The van der Waals surface area contributed by atoms with Gasteiger partial charge in [-0.2, -0.15) is 8.42 Å². The molecule has 1 heterocycles. The highest BCUT2D eigenvalue weighted by molar-refractivity contribution is 7.87. The number of amides is 1. The van der Waals surface area contributed by atoms with Crippen LogP contribution >= 0.6 is 11.3 Å². The standard InChI is InChI=1S/C22H25N3O5S2/c1-22(2,3)30-21(26)24-18(13-15-9-11-17(12-10-15)25-32(27,28)29)20-23-19(14-31-20)16-7-5-4-6-8-16/h4-12,14,18,25H,13H2,1-3H3,(H,24,26)(H,27,28,29). The Morgan fingerprint density at radius 3 is 2.38 bits per heavy atom. The molecule has 3 N–H and O–H groups in total. The summed E-state index contributed by atoms with van der Waals surface area (Å²) in [7, 11) is -4.34. The summed E-state index contributed by atoms with van der Waals surface area (Å²) < 4.78 is 38.3. The molecular weight excluding hydrogens is 450 g/mol. The van der Waals surface area contributed by atoms with Crippen LogP contribution in [0.3, 0.4) is 0 Å². The van der Waals surface area contributed by atoms with Gasteiger partial charge in [-0.05, 0) is 44.9 Å². The van der Waals surface area contributed by atoms with Crippen LogP contribution in [0.5, 0.6) is 0 Å². The van der Waals surface area contributed by atoms with E-state index in [1.165, 1.54) is 23.5 Å². The highest BCUT2D eigenvalue weighted by atomic mass is 32.2. The smallest absolute Gasteiger partial charge is 0.408 e. The lowest BCUT2D eigenvalue weighted by Crippen LogP contribution is -2.35. The number of ether oxygens (including phenoxy) is 1. The average molecular weight is 476 g/mol. The number of hydrogen-bond acceptors (Lipinski definition) is 6. The van der Waals surface area contributed by atoms with Gasteiger partial charge in [0.25, 0.3) is 0 Å². The summed E-state index contributed by atoms with van der Waals surface area (Å²) in [5.41, 5.74) is 2.22. The fraction of sp³-hybridized carbons (Fsp3) is 0.273. The van der Waals surface area contributed by atoms with Crippen molar-refractivity contribution in [1.82, 2.24) is 10.3 Å². The molecule has 0 saturated heterocycles. The quantitative estimate of drug-likeness (QED) is 0.421. The van der Waals surface area contributed by atoms with Gasteiger partial charge in [0.05, 0.1) is 17.4 Å².